The van der Waals surface area contributed by atoms with Crippen molar-refractivity contribution in [2.45, 2.75) is 26.2 Å². The fraction of sp³-hybridized carbons (Fsp3) is 0.227. The van der Waals surface area contributed by atoms with Gasteiger partial charge in [0.25, 0.3) is 5.91 Å². The molecule has 0 saturated heterocycles. The van der Waals surface area contributed by atoms with Crippen LogP contribution < -0.4 is 20.9 Å². The summed E-state index contributed by atoms with van der Waals surface area (Å²) in [5.74, 6) is -0.0192. The van der Waals surface area contributed by atoms with E-state index in [9.17, 15) is 14.9 Å². The maximum absolute atomic E-state index is 12.3. The van der Waals surface area contributed by atoms with E-state index < -0.39 is 16.5 Å². The molecule has 0 atom stereocenters. The predicted octanol–water partition coefficient (Wildman–Crippen LogP) is 4.24. The molecule has 1 aromatic heterocycles. The van der Waals surface area contributed by atoms with E-state index in [4.69, 9.17) is 4.74 Å². The molecule has 0 saturated carbocycles. The van der Waals surface area contributed by atoms with E-state index >= 15 is 0 Å². The number of amides is 1. The Morgan fingerprint density at radius 2 is 1.75 bits per heavy atom. The van der Waals surface area contributed by atoms with Gasteiger partial charge >= 0.3 is 5.69 Å². The molecule has 1 amide bonds. The number of nitro groups is 1. The van der Waals surface area contributed by atoms with Gasteiger partial charge in [-0.3, -0.25) is 25.8 Å². The van der Waals surface area contributed by atoms with Crippen LogP contribution in [0.15, 0.2) is 54.9 Å². The van der Waals surface area contributed by atoms with E-state index in [2.05, 4.69) is 33.1 Å². The molecule has 3 N–H and O–H groups in total. The summed E-state index contributed by atoms with van der Waals surface area (Å²) >= 11 is 0. The average molecular weight is 436 g/mol. The average Bonchev–Trinajstić information content (AvgIpc) is 2.82. The van der Waals surface area contributed by atoms with Gasteiger partial charge in [-0.05, 0) is 54.8 Å². The minimum Gasteiger partial charge on any atom is -0.497 e. The Morgan fingerprint density at radius 3 is 2.38 bits per heavy atom. The van der Waals surface area contributed by atoms with Gasteiger partial charge in [-0.2, -0.15) is 0 Å². The summed E-state index contributed by atoms with van der Waals surface area (Å²) in [5.41, 5.74) is 6.73. The number of hydrogen-bond acceptors (Lipinski definition) is 8. The molecular formula is C22H24N6O4. The molecule has 0 fully saturated rings. The summed E-state index contributed by atoms with van der Waals surface area (Å²) in [6, 6.07) is 14.0. The molecule has 0 bridgehead atoms. The lowest BCUT2D eigenvalue weighted by Crippen LogP contribution is -2.30. The minimum atomic E-state index is -0.611. The summed E-state index contributed by atoms with van der Waals surface area (Å²) in [6.07, 6.45) is 4.36. The van der Waals surface area contributed by atoms with Gasteiger partial charge in [0.1, 0.15) is 12.1 Å². The SMILES string of the molecule is CCCCc1ccc(Nc2ncnc(NNC(=O)c3ccc(OC)cc3)c2[N+](=O)[O-])cc1. The van der Waals surface area contributed by atoms with Crippen molar-refractivity contribution in [3.05, 3.63) is 76.1 Å². The molecule has 0 spiro atoms. The number of hydrogen-bond donors (Lipinski definition) is 3. The summed E-state index contributed by atoms with van der Waals surface area (Å²) in [6.45, 7) is 2.13. The number of methoxy groups -OCH3 is 1. The van der Waals surface area contributed by atoms with Gasteiger partial charge in [0, 0.05) is 11.3 Å². The molecular weight excluding hydrogens is 412 g/mol. The number of carbonyl (C=O) groups is 1. The number of hydrazine groups is 1. The Bertz CT molecular complexity index is 1070. The lowest BCUT2D eigenvalue weighted by atomic mass is 10.1. The highest BCUT2D eigenvalue weighted by atomic mass is 16.6. The number of carbonyl (C=O) groups excluding carboxylic acids is 1. The van der Waals surface area contributed by atoms with E-state index in [0.29, 0.717) is 17.0 Å². The Kier molecular flexibility index (Phi) is 7.52. The predicted molar refractivity (Wildman–Crippen MR) is 121 cm³/mol. The first-order valence-electron chi connectivity index (χ1n) is 10.1. The van der Waals surface area contributed by atoms with Gasteiger partial charge in [0.15, 0.2) is 0 Å². The molecule has 0 aliphatic carbocycles. The zero-order valence-corrected chi connectivity index (χ0v) is 17.8. The van der Waals surface area contributed by atoms with Crippen LogP contribution in [0.25, 0.3) is 0 Å². The molecule has 166 valence electrons. The molecule has 0 radical (unpaired) electrons. The van der Waals surface area contributed by atoms with Crippen molar-refractivity contribution in [3.63, 3.8) is 0 Å². The number of unbranched alkanes of at least 4 members (excludes halogenated alkanes) is 1. The highest BCUT2D eigenvalue weighted by molar-refractivity contribution is 5.95. The second kappa shape index (κ2) is 10.7. The number of aryl methyl sites for hydroxylation is 1. The maximum atomic E-state index is 12.3. The van der Waals surface area contributed by atoms with Gasteiger partial charge in [-0.15, -0.1) is 0 Å². The number of rotatable bonds is 10. The van der Waals surface area contributed by atoms with Crippen LogP contribution in [0.4, 0.5) is 23.0 Å². The van der Waals surface area contributed by atoms with Crippen LogP contribution in [-0.4, -0.2) is 27.9 Å². The fourth-order valence-corrected chi connectivity index (χ4v) is 2.94. The van der Waals surface area contributed by atoms with Crippen LogP contribution in [-0.2, 0) is 6.42 Å². The number of aromatic nitrogens is 2. The Morgan fingerprint density at radius 1 is 1.06 bits per heavy atom. The van der Waals surface area contributed by atoms with Crippen LogP contribution in [0.3, 0.4) is 0 Å². The largest absolute Gasteiger partial charge is 0.497 e. The van der Waals surface area contributed by atoms with Gasteiger partial charge in [0.2, 0.25) is 11.6 Å². The van der Waals surface area contributed by atoms with E-state index in [1.165, 1.54) is 19.0 Å². The highest BCUT2D eigenvalue weighted by Crippen LogP contribution is 2.30. The lowest BCUT2D eigenvalue weighted by molar-refractivity contribution is -0.383. The quantitative estimate of drug-likeness (QED) is 0.318. The molecule has 0 aliphatic heterocycles. The van der Waals surface area contributed by atoms with Crippen LogP contribution in [0.5, 0.6) is 5.75 Å². The molecule has 0 unspecified atom stereocenters. The zero-order chi connectivity index (χ0) is 22.9. The second-order valence-electron chi connectivity index (χ2n) is 6.91. The Balaban J connectivity index is 1.74. The lowest BCUT2D eigenvalue weighted by Gasteiger charge is -2.11. The third-order valence-electron chi connectivity index (χ3n) is 4.69. The van der Waals surface area contributed by atoms with Gasteiger partial charge in [-0.1, -0.05) is 25.5 Å². The van der Waals surface area contributed by atoms with Crippen molar-refractivity contribution >= 4 is 28.9 Å². The highest BCUT2D eigenvalue weighted by Gasteiger charge is 2.23. The number of benzene rings is 2. The van der Waals surface area contributed by atoms with Crippen molar-refractivity contribution in [1.29, 1.82) is 0 Å². The first-order valence-corrected chi connectivity index (χ1v) is 10.1. The van der Waals surface area contributed by atoms with Gasteiger partial charge in [-0.25, -0.2) is 9.97 Å². The van der Waals surface area contributed by atoms with E-state index in [1.807, 2.05) is 24.3 Å². The van der Waals surface area contributed by atoms with Crippen molar-refractivity contribution in [2.24, 2.45) is 0 Å². The third kappa shape index (κ3) is 5.69. The number of nitrogens with one attached hydrogen (secondary N) is 3. The van der Waals surface area contributed by atoms with Crippen molar-refractivity contribution < 1.29 is 14.5 Å². The van der Waals surface area contributed by atoms with Gasteiger partial charge < -0.3 is 10.1 Å². The smallest absolute Gasteiger partial charge is 0.355 e. The molecule has 10 nitrogen and oxygen atoms in total. The molecule has 1 heterocycles. The van der Waals surface area contributed by atoms with E-state index in [1.54, 1.807) is 24.3 Å². The second-order valence-corrected chi connectivity index (χ2v) is 6.91. The zero-order valence-electron chi connectivity index (χ0n) is 17.8. The summed E-state index contributed by atoms with van der Waals surface area (Å²) in [7, 11) is 1.53. The fourth-order valence-electron chi connectivity index (χ4n) is 2.94. The van der Waals surface area contributed by atoms with Crippen molar-refractivity contribution in [3.8, 4) is 5.75 Å². The normalized spacial score (nSPS) is 10.3. The Labute approximate surface area is 185 Å². The van der Waals surface area contributed by atoms with E-state index in [0.717, 1.165) is 19.3 Å². The summed E-state index contributed by atoms with van der Waals surface area (Å²) in [5, 5.41) is 14.7. The number of ether oxygens (including phenoxy) is 1. The summed E-state index contributed by atoms with van der Waals surface area (Å²) < 4.78 is 5.06. The number of nitrogens with zero attached hydrogens (tertiary/aromatic N) is 3. The first kappa shape index (κ1) is 22.5. The van der Waals surface area contributed by atoms with Crippen LogP contribution in [0.1, 0.15) is 35.7 Å². The van der Waals surface area contributed by atoms with Crippen LogP contribution >= 0.6 is 0 Å². The van der Waals surface area contributed by atoms with E-state index in [-0.39, 0.29) is 11.6 Å². The topological polar surface area (TPSA) is 131 Å². The third-order valence-corrected chi connectivity index (χ3v) is 4.69. The van der Waals surface area contributed by atoms with Gasteiger partial charge in [0.05, 0.1) is 12.0 Å². The Hall–Kier alpha value is -4.21. The minimum absolute atomic E-state index is 0.00695. The molecule has 10 heteroatoms. The molecule has 3 rings (SSSR count). The number of anilines is 3. The molecule has 0 aliphatic rings. The van der Waals surface area contributed by atoms with Crippen molar-refractivity contribution in [2.75, 3.05) is 17.9 Å². The standard InChI is InChI=1S/C22H24N6O4/c1-3-4-5-15-6-10-17(11-7-15)25-20-19(28(30)31)21(24-14-23-20)26-27-22(29)16-8-12-18(32-2)13-9-16/h6-14H,3-5H2,1-2H3,(H,27,29)(H2,23,24,25,26). The molecule has 32 heavy (non-hydrogen) atoms. The monoisotopic (exact) mass is 436 g/mol. The summed E-state index contributed by atoms with van der Waals surface area (Å²) in [4.78, 5) is 31.3. The van der Waals surface area contributed by atoms with Crippen LogP contribution in [0, 0.1) is 10.1 Å². The molecule has 2 aromatic carbocycles. The molecule has 3 aromatic rings. The van der Waals surface area contributed by atoms with Crippen molar-refractivity contribution in [1.82, 2.24) is 15.4 Å². The first-order chi connectivity index (χ1) is 15.5. The van der Waals surface area contributed by atoms with Crippen LogP contribution in [0.2, 0.25) is 0 Å². The maximum Gasteiger partial charge on any atom is 0.355 e.